The number of ether oxygens (including phenoxy) is 1. The number of aliphatic hydroxyl groups is 2. The molecule has 2 saturated heterocycles. The van der Waals surface area contributed by atoms with Gasteiger partial charge in [0.25, 0.3) is 10.0 Å². The molecule has 0 radical (unpaired) electrons. The molecule has 45 heavy (non-hydrogen) atoms. The van der Waals surface area contributed by atoms with Gasteiger partial charge in [-0.25, -0.2) is 13.4 Å². The average molecular weight is 684 g/mol. The van der Waals surface area contributed by atoms with Crippen LogP contribution in [0.25, 0.3) is 10.4 Å². The molecular weight excluding hydrogens is 654 g/mol. The van der Waals surface area contributed by atoms with Crippen LogP contribution in [0.4, 0.5) is 5.13 Å². The second kappa shape index (κ2) is 10.3. The number of Topliss-reactive ketones (excluding diaryl/α,β-unsaturated/α-hetero) is 1. The molecule has 5 aliphatic rings. The molecule has 0 saturated carbocycles. The Hall–Kier alpha value is -2.84. The smallest absolute Gasteiger partial charge is 0.263 e. The van der Waals surface area contributed by atoms with Crippen molar-refractivity contribution >= 4 is 55.2 Å². The van der Waals surface area contributed by atoms with Crippen molar-refractivity contribution in [1.82, 2.24) is 9.88 Å². The normalized spacial score (nSPS) is 31.9. The minimum absolute atomic E-state index is 0.0569. The van der Waals surface area contributed by atoms with Crippen molar-refractivity contribution in [2.45, 2.75) is 54.4 Å². The van der Waals surface area contributed by atoms with E-state index in [4.69, 9.17) is 16.3 Å². The van der Waals surface area contributed by atoms with E-state index in [1.54, 1.807) is 35.7 Å². The van der Waals surface area contributed by atoms with Gasteiger partial charge in [-0.05, 0) is 74.3 Å². The highest BCUT2D eigenvalue weighted by Crippen LogP contribution is 2.67. The third kappa shape index (κ3) is 4.30. The summed E-state index contributed by atoms with van der Waals surface area (Å²) in [6.45, 7) is 0.799. The second-order valence-corrected chi connectivity index (χ2v) is 16.7. The van der Waals surface area contributed by atoms with Gasteiger partial charge in [0.1, 0.15) is 5.76 Å². The Morgan fingerprint density at radius 3 is 2.78 bits per heavy atom. The third-order valence-electron chi connectivity index (χ3n) is 10.2. The standard InChI is InChI=1S/C32H30ClN3O6S3/c1-36-13-12-31-21-7-8-23(37)29(31)42-32(25(38)10-4-18(28(31)32)14-22(21)36)26(39)15-19-16-43-30(34-19)35-45(40,41)20-5-2-17(3-6-20)24-9-11-27(33)44-24/h2-3,5-11,16,21-23,29,37-38H,4,12-15H2,1H3,(H,34,35)/t21-,22+,23-,29-,31-,32?/m0/s1. The molecule has 13 heteroatoms. The number of allylic oxidation sites excluding steroid dienone is 1. The van der Waals surface area contributed by atoms with Gasteiger partial charge in [-0.2, -0.15) is 0 Å². The van der Waals surface area contributed by atoms with Crippen LogP contribution in [0.15, 0.2) is 81.8 Å². The molecule has 2 aromatic heterocycles. The maximum absolute atomic E-state index is 14.3. The van der Waals surface area contributed by atoms with Crippen LogP contribution >= 0.6 is 34.3 Å². The number of rotatable bonds is 7. The van der Waals surface area contributed by atoms with Crippen LogP contribution in [0.3, 0.4) is 0 Å². The highest BCUT2D eigenvalue weighted by atomic mass is 35.5. The second-order valence-electron chi connectivity index (χ2n) is 12.4. The number of benzene rings is 1. The number of aromatic nitrogens is 1. The van der Waals surface area contributed by atoms with Crippen molar-refractivity contribution in [2.24, 2.45) is 11.3 Å². The number of carbonyl (C=O) groups is 1. The summed E-state index contributed by atoms with van der Waals surface area (Å²) in [5, 5.41) is 24.3. The maximum Gasteiger partial charge on any atom is 0.263 e. The number of piperidine rings is 1. The number of thiazole rings is 1. The zero-order chi connectivity index (χ0) is 31.3. The van der Waals surface area contributed by atoms with Crippen molar-refractivity contribution in [3.8, 4) is 10.4 Å². The fourth-order valence-corrected chi connectivity index (χ4v) is 11.2. The lowest BCUT2D eigenvalue weighted by molar-refractivity contribution is -0.149. The molecule has 3 aromatic rings. The Kier molecular flexibility index (Phi) is 6.79. The number of nitrogens with zero attached hydrogens (tertiary/aromatic N) is 2. The van der Waals surface area contributed by atoms with Crippen LogP contribution in [-0.2, 0) is 26.0 Å². The summed E-state index contributed by atoms with van der Waals surface area (Å²) in [6, 6.07) is 10.4. The van der Waals surface area contributed by atoms with Crippen molar-refractivity contribution in [3.63, 3.8) is 0 Å². The minimum Gasteiger partial charge on any atom is -0.509 e. The largest absolute Gasteiger partial charge is 0.509 e. The third-order valence-corrected chi connectivity index (χ3v) is 13.7. The lowest BCUT2D eigenvalue weighted by atomic mass is 9.50. The Morgan fingerprint density at radius 1 is 1.22 bits per heavy atom. The predicted octanol–water partition coefficient (Wildman–Crippen LogP) is 5.36. The van der Waals surface area contributed by atoms with E-state index in [2.05, 4.69) is 27.7 Å². The molecule has 1 aromatic carbocycles. The van der Waals surface area contributed by atoms with Gasteiger partial charge in [0, 0.05) is 27.6 Å². The number of likely N-dealkylation sites (tertiary alicyclic amines) is 1. The first-order valence-corrected chi connectivity index (χ1v) is 18.3. The number of carbonyl (C=O) groups excluding carboxylic acids is 1. The number of nitrogens with one attached hydrogen (secondary N) is 1. The Balaban J connectivity index is 1.06. The molecule has 1 unspecified atom stereocenters. The van der Waals surface area contributed by atoms with Gasteiger partial charge in [-0.15, -0.1) is 22.7 Å². The predicted molar refractivity (Wildman–Crippen MR) is 173 cm³/mol. The summed E-state index contributed by atoms with van der Waals surface area (Å²) < 4.78 is 36.1. The first-order valence-electron chi connectivity index (χ1n) is 14.8. The quantitative estimate of drug-likeness (QED) is 0.284. The first-order chi connectivity index (χ1) is 21.5. The summed E-state index contributed by atoms with van der Waals surface area (Å²) in [4.78, 5) is 22.1. The summed E-state index contributed by atoms with van der Waals surface area (Å²) in [6.07, 6.45) is 5.78. The van der Waals surface area contributed by atoms with Crippen molar-refractivity contribution in [3.05, 3.63) is 86.9 Å². The zero-order valence-corrected chi connectivity index (χ0v) is 27.3. The molecule has 0 amide bonds. The zero-order valence-electron chi connectivity index (χ0n) is 24.1. The molecule has 2 fully saturated rings. The SMILES string of the molecule is CN1CC[C@]23C4=C5CC=C(O)C4(C(=O)Cc4csc(NS(=O)(=O)c6ccc(-c7ccc(Cl)s7)cc6)n4)O[C@H]2[C@@H](O)C=C[C@H]3[C@H]1C5. The number of hydrogen-bond acceptors (Lipinski definition) is 10. The number of sulfonamides is 1. The number of anilines is 1. The molecule has 8 rings (SSSR count). The van der Waals surface area contributed by atoms with Crippen LogP contribution in [0.2, 0.25) is 4.34 Å². The number of thiophene rings is 1. The van der Waals surface area contributed by atoms with Gasteiger partial charge < -0.3 is 19.8 Å². The fraction of sp³-hybridized carbons (Fsp3) is 0.375. The van der Waals surface area contributed by atoms with E-state index in [-0.39, 0.29) is 40.0 Å². The summed E-state index contributed by atoms with van der Waals surface area (Å²) in [5.74, 6) is -0.455. The van der Waals surface area contributed by atoms with Crippen molar-refractivity contribution in [1.29, 1.82) is 0 Å². The van der Waals surface area contributed by atoms with E-state index in [9.17, 15) is 23.4 Å². The van der Waals surface area contributed by atoms with E-state index < -0.39 is 33.2 Å². The fourth-order valence-electron chi connectivity index (χ4n) is 8.23. The van der Waals surface area contributed by atoms with Crippen LogP contribution < -0.4 is 4.72 Å². The maximum atomic E-state index is 14.3. The van der Waals surface area contributed by atoms with Crippen LogP contribution in [0.5, 0.6) is 0 Å². The van der Waals surface area contributed by atoms with E-state index >= 15 is 0 Å². The lowest BCUT2D eigenvalue weighted by Gasteiger charge is -2.58. The molecule has 234 valence electrons. The summed E-state index contributed by atoms with van der Waals surface area (Å²) >= 11 is 8.53. The lowest BCUT2D eigenvalue weighted by Crippen LogP contribution is -2.62. The Labute approximate surface area is 273 Å². The highest BCUT2D eigenvalue weighted by molar-refractivity contribution is 7.93. The highest BCUT2D eigenvalue weighted by Gasteiger charge is 2.73. The molecule has 4 heterocycles. The Morgan fingerprint density at radius 2 is 2.02 bits per heavy atom. The van der Waals surface area contributed by atoms with E-state index in [0.717, 1.165) is 45.9 Å². The van der Waals surface area contributed by atoms with Gasteiger partial charge in [-0.1, -0.05) is 41.5 Å². The van der Waals surface area contributed by atoms with Gasteiger partial charge in [0.2, 0.25) is 5.60 Å². The minimum atomic E-state index is -3.94. The van der Waals surface area contributed by atoms with Crippen molar-refractivity contribution in [2.75, 3.05) is 18.3 Å². The monoisotopic (exact) mass is 683 g/mol. The summed E-state index contributed by atoms with van der Waals surface area (Å²) in [5.41, 5.74) is 0.875. The number of hydrogen-bond donors (Lipinski definition) is 3. The number of ketones is 1. The van der Waals surface area contributed by atoms with Gasteiger partial charge in [0.15, 0.2) is 10.9 Å². The van der Waals surface area contributed by atoms with Crippen molar-refractivity contribution < 1.29 is 28.2 Å². The summed E-state index contributed by atoms with van der Waals surface area (Å²) in [7, 11) is -1.82. The van der Waals surface area contributed by atoms with Crippen LogP contribution in [-0.4, -0.2) is 71.7 Å². The van der Waals surface area contributed by atoms with E-state index in [0.29, 0.717) is 22.9 Å². The number of halogens is 1. The molecular formula is C32H30ClN3O6S3. The molecule has 9 nitrogen and oxygen atoms in total. The molecule has 3 aliphatic carbocycles. The van der Waals surface area contributed by atoms with Gasteiger partial charge in [-0.3, -0.25) is 9.52 Å². The molecule has 2 aliphatic heterocycles. The average Bonchev–Trinajstić information content (AvgIpc) is 3.73. The molecule has 1 spiro atoms. The van der Waals surface area contributed by atoms with Gasteiger partial charge in [0.05, 0.1) is 33.6 Å². The molecule has 3 N–H and O–H groups in total. The molecule has 6 atom stereocenters. The van der Waals surface area contributed by atoms with Gasteiger partial charge >= 0.3 is 0 Å². The van der Waals surface area contributed by atoms with E-state index in [1.165, 1.54) is 23.5 Å². The Bertz CT molecular complexity index is 1930. The number of aliphatic hydroxyl groups excluding tert-OH is 2. The first kappa shape index (κ1) is 29.6. The van der Waals surface area contributed by atoms with Crippen LogP contribution in [0, 0.1) is 11.3 Å². The topological polar surface area (TPSA) is 129 Å². The molecule has 2 bridgehead atoms. The van der Waals surface area contributed by atoms with E-state index in [1.807, 2.05) is 6.07 Å². The van der Waals surface area contributed by atoms with Crippen LogP contribution in [0.1, 0.15) is 25.0 Å².